The second kappa shape index (κ2) is 3.53. The van der Waals surface area contributed by atoms with E-state index in [1.807, 2.05) is 27.7 Å². The molecule has 0 aliphatic heterocycles. The number of furan rings is 1. The molecule has 2 aromatic rings. The second-order valence-electron chi connectivity index (χ2n) is 3.67. The molecule has 0 aliphatic carbocycles. The van der Waals surface area contributed by atoms with Gasteiger partial charge >= 0.3 is 0 Å². The van der Waals surface area contributed by atoms with E-state index < -0.39 is 0 Å². The average molecular weight is 205 g/mol. The first-order chi connectivity index (χ1) is 7.13. The fraction of sp³-hybridized carbons (Fsp3) is 0.455. The maximum Gasteiger partial charge on any atom is 0.184 e. The molecule has 2 aromatic heterocycles. The first-order valence-corrected chi connectivity index (χ1v) is 5.11. The van der Waals surface area contributed by atoms with Crippen molar-refractivity contribution < 1.29 is 4.42 Å². The summed E-state index contributed by atoms with van der Waals surface area (Å²) in [6, 6.07) is 0. The first kappa shape index (κ1) is 9.96. The van der Waals surface area contributed by atoms with Crippen molar-refractivity contribution in [1.82, 2.24) is 15.2 Å². The molecule has 0 radical (unpaired) electrons. The highest BCUT2D eigenvalue weighted by Gasteiger charge is 2.16. The third-order valence-electron chi connectivity index (χ3n) is 2.65. The van der Waals surface area contributed by atoms with Crippen molar-refractivity contribution in [1.29, 1.82) is 0 Å². The molecule has 0 aliphatic rings. The van der Waals surface area contributed by atoms with Crippen LogP contribution in [0.5, 0.6) is 0 Å². The number of hydrogen-bond acceptors (Lipinski definition) is 3. The van der Waals surface area contributed by atoms with Gasteiger partial charge in [0.2, 0.25) is 0 Å². The van der Waals surface area contributed by atoms with Crippen molar-refractivity contribution in [2.45, 2.75) is 34.1 Å². The summed E-state index contributed by atoms with van der Waals surface area (Å²) in [7, 11) is 0. The summed E-state index contributed by atoms with van der Waals surface area (Å²) in [4.78, 5) is 4.41. The summed E-state index contributed by atoms with van der Waals surface area (Å²) in [5.74, 6) is 3.46. The van der Waals surface area contributed by atoms with Crippen molar-refractivity contribution in [3.05, 3.63) is 22.9 Å². The van der Waals surface area contributed by atoms with Gasteiger partial charge in [0, 0.05) is 12.0 Å². The summed E-state index contributed by atoms with van der Waals surface area (Å²) in [6.45, 7) is 7.98. The Morgan fingerprint density at radius 2 is 1.93 bits per heavy atom. The number of aryl methyl sites for hydroxylation is 3. The zero-order valence-electron chi connectivity index (χ0n) is 9.51. The van der Waals surface area contributed by atoms with Gasteiger partial charge in [0.05, 0.1) is 5.56 Å². The maximum atomic E-state index is 5.55. The Morgan fingerprint density at radius 1 is 1.20 bits per heavy atom. The lowest BCUT2D eigenvalue weighted by atomic mass is 10.1. The average Bonchev–Trinajstić information content (AvgIpc) is 2.74. The van der Waals surface area contributed by atoms with Crippen LogP contribution < -0.4 is 0 Å². The van der Waals surface area contributed by atoms with Crippen LogP contribution in [0.25, 0.3) is 11.4 Å². The van der Waals surface area contributed by atoms with Crippen LogP contribution in [0.2, 0.25) is 0 Å². The number of nitrogens with zero attached hydrogens (tertiary/aromatic N) is 2. The van der Waals surface area contributed by atoms with Crippen LogP contribution in [0.15, 0.2) is 4.42 Å². The third kappa shape index (κ3) is 1.56. The third-order valence-corrected chi connectivity index (χ3v) is 2.65. The van der Waals surface area contributed by atoms with Crippen LogP contribution in [0.4, 0.5) is 0 Å². The lowest BCUT2D eigenvalue weighted by Crippen LogP contribution is -1.85. The van der Waals surface area contributed by atoms with Gasteiger partial charge in [-0.3, -0.25) is 5.10 Å². The molecule has 0 unspecified atom stereocenters. The Morgan fingerprint density at radius 3 is 2.40 bits per heavy atom. The molecule has 0 spiro atoms. The van der Waals surface area contributed by atoms with Crippen LogP contribution in [-0.2, 0) is 6.42 Å². The monoisotopic (exact) mass is 205 g/mol. The molecule has 0 saturated heterocycles. The van der Waals surface area contributed by atoms with Gasteiger partial charge in [-0.05, 0) is 20.8 Å². The molecule has 0 fully saturated rings. The van der Waals surface area contributed by atoms with E-state index in [1.54, 1.807) is 0 Å². The predicted octanol–water partition coefficient (Wildman–Crippen LogP) is 2.55. The highest BCUT2D eigenvalue weighted by Crippen LogP contribution is 2.28. The largest absolute Gasteiger partial charge is 0.466 e. The maximum absolute atomic E-state index is 5.55. The minimum absolute atomic E-state index is 0.735. The van der Waals surface area contributed by atoms with Gasteiger partial charge in [0.15, 0.2) is 5.82 Å². The van der Waals surface area contributed by atoms with Crippen molar-refractivity contribution in [2.24, 2.45) is 0 Å². The lowest BCUT2D eigenvalue weighted by Gasteiger charge is -1.92. The Balaban J connectivity index is 2.53. The zero-order chi connectivity index (χ0) is 11.0. The molecule has 0 amide bonds. The van der Waals surface area contributed by atoms with Gasteiger partial charge in [0.1, 0.15) is 17.3 Å². The lowest BCUT2D eigenvalue weighted by molar-refractivity contribution is 0.503. The van der Waals surface area contributed by atoms with E-state index in [4.69, 9.17) is 4.42 Å². The SMILES string of the molecule is CCc1nc(-c2c(C)oc(C)c2C)n[nH]1. The normalized spacial score (nSPS) is 10.9. The predicted molar refractivity (Wildman–Crippen MR) is 57.7 cm³/mol. The number of hydrogen-bond donors (Lipinski definition) is 1. The van der Waals surface area contributed by atoms with Crippen LogP contribution in [0.1, 0.15) is 29.8 Å². The molecule has 2 rings (SSSR count). The van der Waals surface area contributed by atoms with E-state index in [2.05, 4.69) is 15.2 Å². The van der Waals surface area contributed by atoms with E-state index in [1.165, 1.54) is 0 Å². The van der Waals surface area contributed by atoms with Gasteiger partial charge in [-0.15, -0.1) is 0 Å². The molecule has 0 saturated carbocycles. The van der Waals surface area contributed by atoms with Crippen molar-refractivity contribution in [3.8, 4) is 11.4 Å². The smallest absolute Gasteiger partial charge is 0.184 e. The van der Waals surface area contributed by atoms with E-state index in [0.29, 0.717) is 0 Å². The van der Waals surface area contributed by atoms with Gasteiger partial charge in [0.25, 0.3) is 0 Å². The van der Waals surface area contributed by atoms with Crippen LogP contribution in [0, 0.1) is 20.8 Å². The summed E-state index contributed by atoms with van der Waals surface area (Å²) in [5, 5.41) is 7.11. The molecule has 1 N–H and O–H groups in total. The Hall–Kier alpha value is -1.58. The minimum atomic E-state index is 0.735. The van der Waals surface area contributed by atoms with E-state index in [0.717, 1.165) is 40.7 Å². The fourth-order valence-corrected chi connectivity index (χ4v) is 1.69. The second-order valence-corrected chi connectivity index (χ2v) is 3.67. The summed E-state index contributed by atoms with van der Waals surface area (Å²) in [5.41, 5.74) is 2.14. The number of nitrogens with one attached hydrogen (secondary N) is 1. The van der Waals surface area contributed by atoms with Crippen LogP contribution in [-0.4, -0.2) is 15.2 Å². The molecule has 0 aromatic carbocycles. The Bertz CT molecular complexity index is 482. The first-order valence-electron chi connectivity index (χ1n) is 5.11. The van der Waals surface area contributed by atoms with Gasteiger partial charge in [-0.2, -0.15) is 5.10 Å². The number of aromatic amines is 1. The van der Waals surface area contributed by atoms with Gasteiger partial charge < -0.3 is 4.42 Å². The quantitative estimate of drug-likeness (QED) is 0.819. The molecule has 80 valence electrons. The highest BCUT2D eigenvalue weighted by molar-refractivity contribution is 5.63. The fourth-order valence-electron chi connectivity index (χ4n) is 1.69. The van der Waals surface area contributed by atoms with Crippen molar-refractivity contribution in [3.63, 3.8) is 0 Å². The van der Waals surface area contributed by atoms with Gasteiger partial charge in [-0.25, -0.2) is 4.98 Å². The number of H-pyrrole nitrogens is 1. The summed E-state index contributed by atoms with van der Waals surface area (Å²) in [6.07, 6.45) is 0.863. The Labute approximate surface area is 88.7 Å². The summed E-state index contributed by atoms with van der Waals surface area (Å²) < 4.78 is 5.55. The molecular formula is C11H15N3O. The number of rotatable bonds is 2. The van der Waals surface area contributed by atoms with Crippen LogP contribution in [0.3, 0.4) is 0 Å². The van der Waals surface area contributed by atoms with E-state index in [-0.39, 0.29) is 0 Å². The van der Waals surface area contributed by atoms with Crippen molar-refractivity contribution in [2.75, 3.05) is 0 Å². The molecule has 0 atom stereocenters. The molecular weight excluding hydrogens is 190 g/mol. The molecule has 4 heteroatoms. The Kier molecular flexibility index (Phi) is 2.34. The summed E-state index contributed by atoms with van der Waals surface area (Å²) >= 11 is 0. The molecule has 4 nitrogen and oxygen atoms in total. The molecule has 0 bridgehead atoms. The number of aromatic nitrogens is 3. The molecule has 2 heterocycles. The van der Waals surface area contributed by atoms with E-state index >= 15 is 0 Å². The van der Waals surface area contributed by atoms with Crippen molar-refractivity contribution >= 4 is 0 Å². The van der Waals surface area contributed by atoms with Gasteiger partial charge in [-0.1, -0.05) is 6.92 Å². The highest BCUT2D eigenvalue weighted by atomic mass is 16.3. The van der Waals surface area contributed by atoms with Crippen LogP contribution >= 0.6 is 0 Å². The van der Waals surface area contributed by atoms with E-state index in [9.17, 15) is 0 Å². The zero-order valence-corrected chi connectivity index (χ0v) is 9.51. The minimum Gasteiger partial charge on any atom is -0.466 e. The topological polar surface area (TPSA) is 54.7 Å². The molecule has 15 heavy (non-hydrogen) atoms. The standard InChI is InChI=1S/C11H15N3O/c1-5-9-12-11(14-13-9)10-6(2)7(3)15-8(10)4/h5H2,1-4H3,(H,12,13,14).